The number of unbranched alkanes of at least 4 members (excludes halogenated alkanes) is 2. The molecule has 2 unspecified atom stereocenters. The van der Waals surface area contributed by atoms with Gasteiger partial charge >= 0.3 is 0 Å². The van der Waals surface area contributed by atoms with Gasteiger partial charge in [0.05, 0.1) is 30.0 Å². The maximum Gasteiger partial charge on any atom is 0.0669 e. The van der Waals surface area contributed by atoms with E-state index in [-0.39, 0.29) is 11.8 Å². The van der Waals surface area contributed by atoms with Crippen molar-refractivity contribution in [1.29, 1.82) is 15.8 Å². The van der Waals surface area contributed by atoms with E-state index < -0.39 is 0 Å². The molecule has 80 valence electrons. The minimum absolute atomic E-state index is 0.159. The van der Waals surface area contributed by atoms with E-state index in [2.05, 4.69) is 25.1 Å². The standard InChI is InChI=1S/C12H17N3/c1-2-3-6-11(9-14)12(10-15)7-4-5-8-13/h11-12H,2-7H2,1H3. The molecule has 0 saturated carbocycles. The van der Waals surface area contributed by atoms with Crippen LogP contribution in [0.25, 0.3) is 0 Å². The predicted molar refractivity (Wildman–Crippen MR) is 57.2 cm³/mol. The number of nitriles is 3. The normalized spacial score (nSPS) is 13.2. The summed E-state index contributed by atoms with van der Waals surface area (Å²) >= 11 is 0. The Labute approximate surface area is 91.9 Å². The molecule has 0 amide bonds. The first kappa shape index (κ1) is 13.5. The third-order valence-electron chi connectivity index (χ3n) is 2.49. The van der Waals surface area contributed by atoms with Gasteiger partial charge in [0.15, 0.2) is 0 Å². The Balaban J connectivity index is 4.07. The van der Waals surface area contributed by atoms with Gasteiger partial charge in [-0.2, -0.15) is 15.8 Å². The monoisotopic (exact) mass is 203 g/mol. The molecule has 0 rings (SSSR count). The molecular formula is C12H17N3. The Hall–Kier alpha value is -1.53. The van der Waals surface area contributed by atoms with Crippen LogP contribution in [-0.4, -0.2) is 0 Å². The lowest BCUT2D eigenvalue weighted by atomic mass is 9.86. The van der Waals surface area contributed by atoms with Crippen LogP contribution in [0.3, 0.4) is 0 Å². The summed E-state index contributed by atoms with van der Waals surface area (Å²) in [6.07, 6.45) is 4.72. The van der Waals surface area contributed by atoms with Gasteiger partial charge in [0.2, 0.25) is 0 Å². The minimum atomic E-state index is -0.199. The third kappa shape index (κ3) is 5.71. The molecule has 0 spiro atoms. The first-order valence-electron chi connectivity index (χ1n) is 5.46. The fraction of sp³-hybridized carbons (Fsp3) is 0.750. The highest BCUT2D eigenvalue weighted by Gasteiger charge is 2.19. The summed E-state index contributed by atoms with van der Waals surface area (Å²) < 4.78 is 0. The van der Waals surface area contributed by atoms with Gasteiger partial charge in [-0.3, -0.25) is 0 Å². The molecule has 0 radical (unpaired) electrons. The van der Waals surface area contributed by atoms with E-state index in [0.29, 0.717) is 12.8 Å². The fourth-order valence-electron chi connectivity index (χ4n) is 1.54. The summed E-state index contributed by atoms with van der Waals surface area (Å²) in [6.45, 7) is 2.07. The maximum atomic E-state index is 8.94. The van der Waals surface area contributed by atoms with Gasteiger partial charge in [-0.1, -0.05) is 19.8 Å². The summed E-state index contributed by atoms with van der Waals surface area (Å²) in [7, 11) is 0. The summed E-state index contributed by atoms with van der Waals surface area (Å²) in [4.78, 5) is 0. The highest BCUT2D eigenvalue weighted by molar-refractivity contribution is 4.98. The summed E-state index contributed by atoms with van der Waals surface area (Å²) in [5.41, 5.74) is 0. The van der Waals surface area contributed by atoms with Gasteiger partial charge in [0.1, 0.15) is 0 Å². The molecule has 0 aliphatic carbocycles. The molecule has 0 aliphatic heterocycles. The lowest BCUT2D eigenvalue weighted by molar-refractivity contribution is 0.417. The second kappa shape index (κ2) is 9.04. The molecule has 0 aliphatic rings. The number of hydrogen-bond acceptors (Lipinski definition) is 3. The van der Waals surface area contributed by atoms with Crippen molar-refractivity contribution in [2.75, 3.05) is 0 Å². The van der Waals surface area contributed by atoms with Crippen molar-refractivity contribution in [2.24, 2.45) is 11.8 Å². The molecule has 3 heteroatoms. The fourth-order valence-corrected chi connectivity index (χ4v) is 1.54. The Morgan fingerprint density at radius 1 is 0.933 bits per heavy atom. The molecule has 0 aromatic carbocycles. The van der Waals surface area contributed by atoms with Gasteiger partial charge < -0.3 is 0 Å². The van der Waals surface area contributed by atoms with Crippen LogP contribution in [-0.2, 0) is 0 Å². The Morgan fingerprint density at radius 3 is 1.87 bits per heavy atom. The Morgan fingerprint density at radius 2 is 1.47 bits per heavy atom. The van der Waals surface area contributed by atoms with E-state index in [9.17, 15) is 0 Å². The molecule has 2 atom stereocenters. The van der Waals surface area contributed by atoms with Crippen LogP contribution in [0.5, 0.6) is 0 Å². The highest BCUT2D eigenvalue weighted by Crippen LogP contribution is 2.22. The SMILES string of the molecule is CCCCC(C#N)C(C#N)CCCC#N. The Kier molecular flexibility index (Phi) is 8.12. The van der Waals surface area contributed by atoms with E-state index in [1.165, 1.54) is 0 Å². The maximum absolute atomic E-state index is 8.94. The van der Waals surface area contributed by atoms with E-state index >= 15 is 0 Å². The van der Waals surface area contributed by atoms with Gasteiger partial charge in [0.25, 0.3) is 0 Å². The smallest absolute Gasteiger partial charge is 0.0669 e. The lowest BCUT2D eigenvalue weighted by Gasteiger charge is -2.13. The molecular weight excluding hydrogens is 186 g/mol. The van der Waals surface area contributed by atoms with Crippen LogP contribution in [0.4, 0.5) is 0 Å². The number of hydrogen-bond donors (Lipinski definition) is 0. The molecule has 0 saturated heterocycles. The van der Waals surface area contributed by atoms with Crippen molar-refractivity contribution in [3.05, 3.63) is 0 Å². The van der Waals surface area contributed by atoms with Crippen LogP contribution < -0.4 is 0 Å². The average molecular weight is 203 g/mol. The average Bonchev–Trinajstić information content (AvgIpc) is 2.27. The largest absolute Gasteiger partial charge is 0.198 e. The molecule has 0 aromatic rings. The van der Waals surface area contributed by atoms with Crippen LogP contribution >= 0.6 is 0 Å². The van der Waals surface area contributed by atoms with Crippen LogP contribution in [0.2, 0.25) is 0 Å². The quantitative estimate of drug-likeness (QED) is 0.596. The molecule has 0 fully saturated rings. The molecule has 0 heterocycles. The number of nitrogens with zero attached hydrogens (tertiary/aromatic N) is 3. The van der Waals surface area contributed by atoms with Crippen LogP contribution in [0, 0.1) is 45.8 Å². The van der Waals surface area contributed by atoms with Gasteiger partial charge in [-0.15, -0.1) is 0 Å². The van der Waals surface area contributed by atoms with E-state index in [1.807, 2.05) is 0 Å². The van der Waals surface area contributed by atoms with Crippen molar-refractivity contribution < 1.29 is 0 Å². The van der Waals surface area contributed by atoms with Crippen molar-refractivity contribution in [2.45, 2.75) is 45.4 Å². The zero-order chi connectivity index (χ0) is 11.5. The molecule has 15 heavy (non-hydrogen) atoms. The first-order valence-corrected chi connectivity index (χ1v) is 5.46. The zero-order valence-corrected chi connectivity index (χ0v) is 9.24. The van der Waals surface area contributed by atoms with Crippen molar-refractivity contribution >= 4 is 0 Å². The second-order valence-corrected chi connectivity index (χ2v) is 3.66. The third-order valence-corrected chi connectivity index (χ3v) is 2.49. The predicted octanol–water partition coefficient (Wildman–Crippen LogP) is 3.15. The summed E-state index contributed by atoms with van der Waals surface area (Å²) in [6, 6.07) is 6.45. The van der Waals surface area contributed by atoms with Gasteiger partial charge in [0, 0.05) is 6.42 Å². The van der Waals surface area contributed by atoms with E-state index in [1.54, 1.807) is 0 Å². The van der Waals surface area contributed by atoms with E-state index in [0.717, 1.165) is 25.7 Å². The van der Waals surface area contributed by atoms with Crippen LogP contribution in [0.1, 0.15) is 45.4 Å². The van der Waals surface area contributed by atoms with Gasteiger partial charge in [-0.25, -0.2) is 0 Å². The lowest BCUT2D eigenvalue weighted by Crippen LogP contribution is -2.11. The van der Waals surface area contributed by atoms with Crippen molar-refractivity contribution in [3.63, 3.8) is 0 Å². The summed E-state index contributed by atoms with van der Waals surface area (Å²) in [5.74, 6) is -0.358. The second-order valence-electron chi connectivity index (χ2n) is 3.66. The van der Waals surface area contributed by atoms with Crippen molar-refractivity contribution in [1.82, 2.24) is 0 Å². The molecule has 0 bridgehead atoms. The molecule has 3 nitrogen and oxygen atoms in total. The molecule has 0 N–H and O–H groups in total. The van der Waals surface area contributed by atoms with Crippen LogP contribution in [0.15, 0.2) is 0 Å². The highest BCUT2D eigenvalue weighted by atomic mass is 14.3. The van der Waals surface area contributed by atoms with E-state index in [4.69, 9.17) is 15.8 Å². The minimum Gasteiger partial charge on any atom is -0.198 e. The first-order chi connectivity index (χ1) is 7.29. The van der Waals surface area contributed by atoms with Gasteiger partial charge in [-0.05, 0) is 19.3 Å². The number of rotatable bonds is 7. The Bertz CT molecular complexity index is 277. The summed E-state index contributed by atoms with van der Waals surface area (Å²) in [5, 5.41) is 26.3. The van der Waals surface area contributed by atoms with Crippen molar-refractivity contribution in [3.8, 4) is 18.2 Å². The zero-order valence-electron chi connectivity index (χ0n) is 9.24. The topological polar surface area (TPSA) is 71.4 Å². The molecule has 0 aromatic heterocycles.